The quantitative estimate of drug-likeness (QED) is 0.318. The Hall–Kier alpha value is -2.64. The molecule has 2 aliphatic carbocycles. The van der Waals surface area contributed by atoms with Crippen molar-refractivity contribution in [3.63, 3.8) is 0 Å². The zero-order chi connectivity index (χ0) is 18.5. The summed E-state index contributed by atoms with van der Waals surface area (Å²) in [6.07, 6.45) is 4.83. The van der Waals surface area contributed by atoms with Gasteiger partial charge in [0.05, 0.1) is 0 Å². The third-order valence-electron chi connectivity index (χ3n) is 6.55. The van der Waals surface area contributed by atoms with Crippen LogP contribution in [0.25, 0.3) is 32.7 Å². The molecular weight excluding hydrogens is 356 g/mol. The van der Waals surface area contributed by atoms with Crippen LogP contribution >= 0.6 is 11.3 Å². The number of hydrogen-bond acceptors (Lipinski definition) is 1. The van der Waals surface area contributed by atoms with Gasteiger partial charge in [-0.05, 0) is 81.5 Å². The maximum absolute atomic E-state index is 2.42. The van der Waals surface area contributed by atoms with Crippen molar-refractivity contribution >= 4 is 11.3 Å². The molecule has 28 heavy (non-hydrogen) atoms. The molecule has 1 heteroatoms. The zero-order valence-corrected chi connectivity index (χ0v) is 16.6. The Morgan fingerprint density at radius 2 is 1.36 bits per heavy atom. The molecule has 3 aromatic carbocycles. The second kappa shape index (κ2) is 6.46. The average Bonchev–Trinajstić information content (AvgIpc) is 3.15. The van der Waals surface area contributed by atoms with Gasteiger partial charge in [-0.2, -0.15) is 0 Å². The molecule has 0 radical (unpaired) electrons. The maximum atomic E-state index is 2.42. The van der Waals surface area contributed by atoms with Crippen LogP contribution in [-0.2, 0) is 12.8 Å². The lowest BCUT2D eigenvalue weighted by Gasteiger charge is -2.20. The summed E-state index contributed by atoms with van der Waals surface area (Å²) >= 11 is 1.93. The van der Waals surface area contributed by atoms with Crippen LogP contribution in [-0.4, -0.2) is 0 Å². The number of aryl methyl sites for hydroxylation is 1. The average molecular weight is 379 g/mol. The third-order valence-corrected chi connectivity index (χ3v) is 7.60. The first-order chi connectivity index (χ1) is 13.9. The lowest BCUT2D eigenvalue weighted by Crippen LogP contribution is -2.02. The van der Waals surface area contributed by atoms with Crippen molar-refractivity contribution in [3.05, 3.63) is 94.9 Å². The Morgan fingerprint density at radius 1 is 0.643 bits per heavy atom. The van der Waals surface area contributed by atoms with Crippen LogP contribution < -0.4 is 0 Å². The van der Waals surface area contributed by atoms with Crippen molar-refractivity contribution in [1.29, 1.82) is 0 Å². The van der Waals surface area contributed by atoms with Gasteiger partial charge in [0.25, 0.3) is 0 Å². The van der Waals surface area contributed by atoms with Gasteiger partial charge >= 0.3 is 0 Å². The van der Waals surface area contributed by atoms with Gasteiger partial charge in [0.1, 0.15) is 0 Å². The van der Waals surface area contributed by atoms with Crippen LogP contribution in [0.15, 0.2) is 78.2 Å². The molecule has 6 rings (SSSR count). The van der Waals surface area contributed by atoms with Gasteiger partial charge in [-0.25, -0.2) is 0 Å². The smallest absolute Gasteiger partial charge is 0.0383 e. The molecular formula is C27H22S. The van der Waals surface area contributed by atoms with Gasteiger partial charge in [-0.15, -0.1) is 11.3 Å². The van der Waals surface area contributed by atoms with E-state index in [1.807, 2.05) is 11.3 Å². The number of thiophene rings is 1. The van der Waals surface area contributed by atoms with E-state index in [0.717, 1.165) is 6.42 Å². The van der Waals surface area contributed by atoms with Gasteiger partial charge in [0.15, 0.2) is 0 Å². The summed E-state index contributed by atoms with van der Waals surface area (Å²) in [4.78, 5) is 1.48. The predicted octanol–water partition coefficient (Wildman–Crippen LogP) is 7.73. The first kappa shape index (κ1) is 16.3. The van der Waals surface area contributed by atoms with E-state index in [-0.39, 0.29) is 0 Å². The van der Waals surface area contributed by atoms with Crippen LogP contribution in [0.1, 0.15) is 35.4 Å². The van der Waals surface area contributed by atoms with E-state index >= 15 is 0 Å². The zero-order valence-electron chi connectivity index (χ0n) is 15.8. The third kappa shape index (κ3) is 2.43. The lowest BCUT2D eigenvalue weighted by atomic mass is 9.84. The molecule has 2 aliphatic rings. The van der Waals surface area contributed by atoms with Gasteiger partial charge in [-0.1, -0.05) is 72.8 Å². The largest absolute Gasteiger partial charge is 0.143 e. The van der Waals surface area contributed by atoms with Crippen molar-refractivity contribution < 1.29 is 0 Å². The lowest BCUT2D eigenvalue weighted by molar-refractivity contribution is 0.588. The Labute approximate surface area is 170 Å². The highest BCUT2D eigenvalue weighted by atomic mass is 32.1. The van der Waals surface area contributed by atoms with E-state index in [9.17, 15) is 0 Å². The summed E-state index contributed by atoms with van der Waals surface area (Å²) in [6, 6.07) is 27.0. The van der Waals surface area contributed by atoms with E-state index in [1.54, 1.807) is 11.1 Å². The SMILES string of the molecule is c1ccc(-c2scc3c2C2CCc4ccccc4-c4cccc-3c4CC2)cc1. The molecule has 0 fully saturated rings. The Kier molecular flexibility index (Phi) is 3.77. The van der Waals surface area contributed by atoms with Crippen molar-refractivity contribution in [2.45, 2.75) is 31.6 Å². The van der Waals surface area contributed by atoms with Crippen LogP contribution in [0, 0.1) is 0 Å². The summed E-state index contributed by atoms with van der Waals surface area (Å²) in [6.45, 7) is 0. The molecule has 1 aromatic heterocycles. The fraction of sp³-hybridized carbons (Fsp3) is 0.185. The molecule has 0 spiro atoms. The summed E-state index contributed by atoms with van der Waals surface area (Å²) in [5.41, 5.74) is 11.9. The molecule has 0 saturated heterocycles. The molecule has 0 amide bonds. The highest BCUT2D eigenvalue weighted by Crippen LogP contribution is 2.50. The highest BCUT2D eigenvalue weighted by Gasteiger charge is 2.29. The van der Waals surface area contributed by atoms with Crippen molar-refractivity contribution in [1.82, 2.24) is 0 Å². The van der Waals surface area contributed by atoms with E-state index < -0.39 is 0 Å². The molecule has 4 aromatic rings. The Balaban J connectivity index is 1.66. The van der Waals surface area contributed by atoms with Crippen LogP contribution in [0.4, 0.5) is 0 Å². The minimum atomic E-state index is 0.628. The van der Waals surface area contributed by atoms with E-state index in [0.29, 0.717) is 5.92 Å². The van der Waals surface area contributed by atoms with Crippen molar-refractivity contribution in [3.8, 4) is 32.7 Å². The van der Waals surface area contributed by atoms with E-state index in [1.165, 1.54) is 57.5 Å². The molecule has 136 valence electrons. The molecule has 1 unspecified atom stereocenters. The van der Waals surface area contributed by atoms with Gasteiger partial charge in [0, 0.05) is 4.88 Å². The summed E-state index contributed by atoms with van der Waals surface area (Å²) in [5.74, 6) is 0.628. The number of hydrogen-bond donors (Lipinski definition) is 0. The minimum Gasteiger partial charge on any atom is -0.143 e. The number of fused-ring (bicyclic) bond motifs is 7. The van der Waals surface area contributed by atoms with Crippen molar-refractivity contribution in [2.24, 2.45) is 0 Å². The predicted molar refractivity (Wildman–Crippen MR) is 120 cm³/mol. The van der Waals surface area contributed by atoms with E-state index in [4.69, 9.17) is 0 Å². The second-order valence-corrected chi connectivity index (χ2v) is 8.90. The highest BCUT2D eigenvalue weighted by molar-refractivity contribution is 7.14. The first-order valence-corrected chi connectivity index (χ1v) is 11.2. The monoisotopic (exact) mass is 378 g/mol. The van der Waals surface area contributed by atoms with Crippen LogP contribution in [0.2, 0.25) is 0 Å². The molecule has 0 N–H and O–H groups in total. The fourth-order valence-electron chi connectivity index (χ4n) is 5.24. The normalized spacial score (nSPS) is 17.1. The topological polar surface area (TPSA) is 0 Å². The van der Waals surface area contributed by atoms with Gasteiger partial charge in [-0.3, -0.25) is 0 Å². The molecule has 0 nitrogen and oxygen atoms in total. The molecule has 1 atom stereocenters. The summed E-state index contributed by atoms with van der Waals surface area (Å²) < 4.78 is 0. The summed E-state index contributed by atoms with van der Waals surface area (Å²) in [5, 5.41) is 2.42. The van der Waals surface area contributed by atoms with E-state index in [2.05, 4.69) is 78.2 Å². The molecule has 0 aliphatic heterocycles. The second-order valence-electron chi connectivity index (χ2n) is 8.02. The molecule has 0 saturated carbocycles. The molecule has 1 heterocycles. The Morgan fingerprint density at radius 3 is 2.25 bits per heavy atom. The van der Waals surface area contributed by atoms with Crippen molar-refractivity contribution in [2.75, 3.05) is 0 Å². The van der Waals surface area contributed by atoms with Crippen LogP contribution in [0.5, 0.6) is 0 Å². The van der Waals surface area contributed by atoms with Gasteiger partial charge < -0.3 is 0 Å². The number of rotatable bonds is 1. The summed E-state index contributed by atoms with van der Waals surface area (Å²) in [7, 11) is 0. The maximum Gasteiger partial charge on any atom is 0.0383 e. The molecule has 2 bridgehead atoms. The number of benzene rings is 3. The minimum absolute atomic E-state index is 0.628. The fourth-order valence-corrected chi connectivity index (χ4v) is 6.40. The standard InChI is InChI=1S/C27H22S/c1-2-8-20(9-3-1)27-26-19-14-13-18-7-4-5-10-21(18)22-11-6-12-23(24(22)16-15-19)25(26)17-28-27/h1-12,17,19H,13-16H2. The van der Waals surface area contributed by atoms with Gasteiger partial charge in [0.2, 0.25) is 0 Å². The first-order valence-electron chi connectivity index (χ1n) is 10.3. The Bertz CT molecular complexity index is 1170. The van der Waals surface area contributed by atoms with Crippen LogP contribution in [0.3, 0.4) is 0 Å².